The third kappa shape index (κ3) is 3.12. The van der Waals surface area contributed by atoms with Crippen LogP contribution in [0, 0.1) is 0 Å². The fourth-order valence-electron chi connectivity index (χ4n) is 3.76. The van der Waals surface area contributed by atoms with Crippen LogP contribution in [0.2, 0.25) is 0 Å². The Kier molecular flexibility index (Phi) is 4.16. The first-order valence-corrected chi connectivity index (χ1v) is 9.33. The molecule has 5 heterocycles. The molecule has 5 rings (SSSR count). The van der Waals surface area contributed by atoms with Crippen molar-refractivity contribution in [2.75, 3.05) is 31.1 Å². The minimum atomic E-state index is -0.807. The highest BCUT2D eigenvalue weighted by Crippen LogP contribution is 2.29. The van der Waals surface area contributed by atoms with Crippen molar-refractivity contribution in [3.8, 4) is 11.5 Å². The lowest BCUT2D eigenvalue weighted by Crippen LogP contribution is -2.26. The lowest BCUT2D eigenvalue weighted by molar-refractivity contribution is 0.320. The van der Waals surface area contributed by atoms with E-state index >= 15 is 0 Å². The van der Waals surface area contributed by atoms with Crippen LogP contribution in [0.15, 0.2) is 23.0 Å². The number of piperidine rings is 1. The van der Waals surface area contributed by atoms with Crippen LogP contribution in [0.3, 0.4) is 0 Å². The molecule has 9 heteroatoms. The molecule has 2 saturated heterocycles. The van der Waals surface area contributed by atoms with E-state index in [2.05, 4.69) is 25.4 Å². The highest BCUT2D eigenvalue weighted by atomic mass is 19.1. The second kappa shape index (κ2) is 6.80. The van der Waals surface area contributed by atoms with Crippen molar-refractivity contribution in [1.29, 1.82) is 0 Å². The van der Waals surface area contributed by atoms with E-state index in [9.17, 15) is 4.39 Å². The van der Waals surface area contributed by atoms with Crippen LogP contribution < -0.4 is 10.2 Å². The van der Waals surface area contributed by atoms with Crippen molar-refractivity contribution in [2.45, 2.75) is 31.4 Å². The molecule has 0 aliphatic carbocycles. The number of nitrogens with one attached hydrogen (secondary N) is 1. The number of aromatic nitrogens is 5. The number of rotatable bonds is 3. The molecule has 0 amide bonds. The summed E-state index contributed by atoms with van der Waals surface area (Å²) < 4.78 is 19.1. The van der Waals surface area contributed by atoms with Gasteiger partial charge in [0.05, 0.1) is 12.1 Å². The van der Waals surface area contributed by atoms with E-state index < -0.39 is 6.17 Å². The van der Waals surface area contributed by atoms with Crippen molar-refractivity contribution >= 4 is 16.9 Å². The highest BCUT2D eigenvalue weighted by Gasteiger charge is 2.25. The lowest BCUT2D eigenvalue weighted by Gasteiger charge is -2.18. The van der Waals surface area contributed by atoms with Crippen molar-refractivity contribution in [3.05, 3.63) is 24.4 Å². The molecule has 8 nitrogen and oxygen atoms in total. The van der Waals surface area contributed by atoms with Crippen LogP contribution in [0.25, 0.3) is 22.6 Å². The SMILES string of the molecule is FC1CCN(c2ccc3ncnc(-c4noc(C5CCNCC5)n4)c3n2)C1. The maximum Gasteiger partial charge on any atom is 0.230 e. The van der Waals surface area contributed by atoms with Crippen LogP contribution in [0.5, 0.6) is 0 Å². The van der Waals surface area contributed by atoms with Gasteiger partial charge < -0.3 is 14.7 Å². The smallest absolute Gasteiger partial charge is 0.230 e. The van der Waals surface area contributed by atoms with Crippen molar-refractivity contribution in [2.24, 2.45) is 0 Å². The van der Waals surface area contributed by atoms with Crippen LogP contribution in [0.1, 0.15) is 31.1 Å². The molecule has 2 aliphatic rings. The molecule has 1 atom stereocenters. The Morgan fingerprint density at radius 3 is 2.81 bits per heavy atom. The molecule has 3 aromatic heterocycles. The van der Waals surface area contributed by atoms with Gasteiger partial charge >= 0.3 is 0 Å². The Labute approximate surface area is 155 Å². The van der Waals surface area contributed by atoms with E-state index in [1.54, 1.807) is 0 Å². The van der Waals surface area contributed by atoms with Gasteiger partial charge in [0.25, 0.3) is 0 Å². The molecule has 0 saturated carbocycles. The van der Waals surface area contributed by atoms with E-state index in [1.165, 1.54) is 6.33 Å². The summed E-state index contributed by atoms with van der Waals surface area (Å²) in [6.07, 6.45) is 3.16. The van der Waals surface area contributed by atoms with Gasteiger partial charge in [0.1, 0.15) is 29.5 Å². The largest absolute Gasteiger partial charge is 0.354 e. The molecule has 27 heavy (non-hydrogen) atoms. The highest BCUT2D eigenvalue weighted by molar-refractivity contribution is 5.87. The van der Waals surface area contributed by atoms with Gasteiger partial charge in [-0.05, 0) is 44.5 Å². The summed E-state index contributed by atoms with van der Waals surface area (Å²) in [6.45, 7) is 2.93. The zero-order valence-corrected chi connectivity index (χ0v) is 14.8. The van der Waals surface area contributed by atoms with Crippen LogP contribution >= 0.6 is 0 Å². The number of pyridine rings is 1. The number of anilines is 1. The van der Waals surface area contributed by atoms with E-state index in [0.29, 0.717) is 48.0 Å². The lowest BCUT2D eigenvalue weighted by atomic mass is 9.98. The Hall–Kier alpha value is -2.68. The van der Waals surface area contributed by atoms with Gasteiger partial charge in [0, 0.05) is 12.5 Å². The first-order valence-electron chi connectivity index (χ1n) is 9.33. The van der Waals surface area contributed by atoms with E-state index in [4.69, 9.17) is 9.51 Å². The van der Waals surface area contributed by atoms with Crippen molar-refractivity contribution < 1.29 is 8.91 Å². The average molecular weight is 369 g/mol. The fourth-order valence-corrected chi connectivity index (χ4v) is 3.76. The molecule has 0 radical (unpaired) electrons. The molecular weight excluding hydrogens is 349 g/mol. The molecule has 2 fully saturated rings. The molecule has 1 unspecified atom stereocenters. The zero-order chi connectivity index (χ0) is 18.2. The maximum atomic E-state index is 13.6. The summed E-state index contributed by atoms with van der Waals surface area (Å²) in [5, 5.41) is 7.47. The minimum absolute atomic E-state index is 0.273. The molecule has 2 aliphatic heterocycles. The molecule has 0 aromatic carbocycles. The van der Waals surface area contributed by atoms with Gasteiger partial charge in [0.2, 0.25) is 11.7 Å². The van der Waals surface area contributed by atoms with Crippen LogP contribution in [-0.4, -0.2) is 57.4 Å². The van der Waals surface area contributed by atoms with Gasteiger partial charge in [-0.3, -0.25) is 0 Å². The van der Waals surface area contributed by atoms with Gasteiger partial charge in [-0.1, -0.05) is 5.16 Å². The van der Waals surface area contributed by atoms with Gasteiger partial charge in [-0.25, -0.2) is 19.3 Å². The summed E-state index contributed by atoms with van der Waals surface area (Å²) in [5.41, 5.74) is 1.85. The Morgan fingerprint density at radius 2 is 2.00 bits per heavy atom. The molecule has 0 bridgehead atoms. The summed E-state index contributed by atoms with van der Waals surface area (Å²) in [4.78, 5) is 19.9. The second-order valence-corrected chi connectivity index (χ2v) is 7.07. The number of fused-ring (bicyclic) bond motifs is 1. The minimum Gasteiger partial charge on any atom is -0.354 e. The van der Waals surface area contributed by atoms with E-state index in [0.717, 1.165) is 31.7 Å². The standard InChI is InChI=1S/C18H20FN7O/c19-12-5-8-26(9-12)14-2-1-13-15(23-14)16(22-10-21-13)17-24-18(27-25-17)11-3-6-20-7-4-11/h1-2,10-12,20H,3-9H2. The fraction of sp³-hybridized carbons (Fsp3) is 0.500. The number of halogens is 1. The summed E-state index contributed by atoms with van der Waals surface area (Å²) in [6, 6.07) is 3.75. The second-order valence-electron chi connectivity index (χ2n) is 7.07. The molecule has 3 aromatic rings. The van der Waals surface area contributed by atoms with Gasteiger partial charge in [-0.15, -0.1) is 0 Å². The van der Waals surface area contributed by atoms with Gasteiger partial charge in [-0.2, -0.15) is 4.98 Å². The van der Waals surface area contributed by atoms with Crippen LogP contribution in [0.4, 0.5) is 10.2 Å². The number of hydrogen-bond donors (Lipinski definition) is 1. The monoisotopic (exact) mass is 369 g/mol. The Morgan fingerprint density at radius 1 is 1.11 bits per heavy atom. The summed E-state index contributed by atoms with van der Waals surface area (Å²) in [5.74, 6) is 2.07. The third-order valence-corrected chi connectivity index (χ3v) is 5.26. The molecule has 0 spiro atoms. The van der Waals surface area contributed by atoms with Crippen molar-refractivity contribution in [1.82, 2.24) is 30.4 Å². The predicted molar refractivity (Wildman–Crippen MR) is 97.2 cm³/mol. The summed E-state index contributed by atoms with van der Waals surface area (Å²) in [7, 11) is 0. The van der Waals surface area contributed by atoms with E-state index in [1.807, 2.05) is 17.0 Å². The van der Waals surface area contributed by atoms with Crippen molar-refractivity contribution in [3.63, 3.8) is 0 Å². The number of nitrogens with zero attached hydrogens (tertiary/aromatic N) is 6. The topological polar surface area (TPSA) is 92.9 Å². The van der Waals surface area contributed by atoms with Gasteiger partial charge in [0.15, 0.2) is 0 Å². The Balaban J connectivity index is 1.51. The van der Waals surface area contributed by atoms with Crippen LogP contribution in [-0.2, 0) is 0 Å². The quantitative estimate of drug-likeness (QED) is 0.750. The third-order valence-electron chi connectivity index (χ3n) is 5.26. The molecule has 1 N–H and O–H groups in total. The number of hydrogen-bond acceptors (Lipinski definition) is 8. The predicted octanol–water partition coefficient (Wildman–Crippen LogP) is 2.09. The normalized spacial score (nSPS) is 21.2. The van der Waals surface area contributed by atoms with E-state index in [-0.39, 0.29) is 5.92 Å². The first kappa shape index (κ1) is 16.5. The maximum absolute atomic E-state index is 13.6. The number of alkyl halides is 1. The zero-order valence-electron chi connectivity index (χ0n) is 14.8. The Bertz CT molecular complexity index is 956. The average Bonchev–Trinajstić information content (AvgIpc) is 3.37. The summed E-state index contributed by atoms with van der Waals surface area (Å²) >= 11 is 0. The molecular formula is C18H20FN7O. The molecule has 140 valence electrons. The first-order chi connectivity index (χ1) is 13.3.